The van der Waals surface area contributed by atoms with Gasteiger partial charge < -0.3 is 0 Å². The Bertz CT molecular complexity index is 1010. The van der Waals surface area contributed by atoms with Gasteiger partial charge in [-0.15, -0.1) is 0 Å². The van der Waals surface area contributed by atoms with Crippen LogP contribution in [0.5, 0.6) is 0 Å². The molecule has 0 heterocycles. The van der Waals surface area contributed by atoms with Crippen LogP contribution in [0.15, 0.2) is 70.9 Å². The first kappa shape index (κ1) is 18.5. The summed E-state index contributed by atoms with van der Waals surface area (Å²) in [6.07, 6.45) is 11.8. The molecule has 2 aliphatic rings. The second-order valence-electron chi connectivity index (χ2n) is 8.11. The predicted molar refractivity (Wildman–Crippen MR) is 127 cm³/mol. The van der Waals surface area contributed by atoms with Crippen LogP contribution >= 0.6 is 22.6 Å². The van der Waals surface area contributed by atoms with Crippen LogP contribution in [0, 0.1) is 12.8 Å². The molecule has 0 aromatic heterocycles. The summed E-state index contributed by atoms with van der Waals surface area (Å²) in [5.74, 6) is 0.581. The first-order valence-corrected chi connectivity index (χ1v) is 10.6. The Balaban J connectivity index is 1.87. The van der Waals surface area contributed by atoms with E-state index in [1.165, 1.54) is 42.5 Å². The molecule has 0 radical (unpaired) electrons. The number of rotatable bonds is 3. The Labute approximate surface area is 176 Å². The van der Waals surface area contributed by atoms with Gasteiger partial charge in [-0.25, -0.2) is 0 Å². The van der Waals surface area contributed by atoms with Gasteiger partial charge in [0.2, 0.25) is 0 Å². The third kappa shape index (κ3) is 3.06. The van der Waals surface area contributed by atoms with Crippen LogP contribution in [0.2, 0.25) is 0 Å². The number of hydrogen-bond donors (Lipinski definition) is 0. The molecule has 0 spiro atoms. The summed E-state index contributed by atoms with van der Waals surface area (Å²) in [6, 6.07) is 13.6. The summed E-state index contributed by atoms with van der Waals surface area (Å²) < 4.78 is 1.46. The Morgan fingerprint density at radius 2 is 1.93 bits per heavy atom. The first-order valence-electron chi connectivity index (χ1n) is 9.53. The number of hydrogen-bond acceptors (Lipinski definition) is 0. The molecule has 0 saturated carbocycles. The molecule has 0 nitrogen and oxygen atoms in total. The molecular weight excluding hydrogens is 439 g/mol. The zero-order valence-electron chi connectivity index (χ0n) is 16.2. The van der Waals surface area contributed by atoms with Crippen LogP contribution < -0.4 is 0 Å². The molecule has 1 unspecified atom stereocenters. The lowest BCUT2D eigenvalue weighted by Gasteiger charge is -2.30. The molecule has 136 valence electrons. The summed E-state index contributed by atoms with van der Waals surface area (Å²) >= 11 is 2.49. The molecule has 1 atom stereocenters. The van der Waals surface area contributed by atoms with E-state index in [-0.39, 0.29) is 5.41 Å². The minimum atomic E-state index is 0.156. The van der Waals surface area contributed by atoms with Gasteiger partial charge in [0, 0.05) is 0 Å². The van der Waals surface area contributed by atoms with Gasteiger partial charge in [-0.05, 0) is 95.9 Å². The number of fused-ring (bicyclic) bond motifs is 3. The second-order valence-corrected chi connectivity index (χ2v) is 9.49. The van der Waals surface area contributed by atoms with Crippen molar-refractivity contribution in [2.45, 2.75) is 32.6 Å². The number of benzene rings is 2. The van der Waals surface area contributed by atoms with Gasteiger partial charge in [-0.1, -0.05) is 81.1 Å². The monoisotopic (exact) mass is 464 g/mol. The van der Waals surface area contributed by atoms with E-state index in [2.05, 4.69) is 105 Å². The maximum atomic E-state index is 3.82. The van der Waals surface area contributed by atoms with Gasteiger partial charge in [0.1, 0.15) is 0 Å². The predicted octanol–water partition coefficient (Wildman–Crippen LogP) is 7.87. The van der Waals surface area contributed by atoms with E-state index in [9.17, 15) is 0 Å². The van der Waals surface area contributed by atoms with Crippen LogP contribution in [0.4, 0.5) is 0 Å². The third-order valence-electron chi connectivity index (χ3n) is 6.15. The fraction of sp³-hybridized carbons (Fsp3) is 0.231. The van der Waals surface area contributed by atoms with E-state index < -0.39 is 0 Å². The van der Waals surface area contributed by atoms with Crippen molar-refractivity contribution in [1.29, 1.82) is 0 Å². The smallest absolute Gasteiger partial charge is 0.00189 e. The van der Waals surface area contributed by atoms with Gasteiger partial charge in [0.25, 0.3) is 0 Å². The van der Waals surface area contributed by atoms with Gasteiger partial charge >= 0.3 is 0 Å². The number of aryl methyl sites for hydroxylation is 1. The van der Waals surface area contributed by atoms with Crippen LogP contribution in [0.1, 0.15) is 42.5 Å². The van der Waals surface area contributed by atoms with E-state index in [0.29, 0.717) is 5.92 Å². The molecule has 0 saturated heterocycles. The summed E-state index contributed by atoms with van der Waals surface area (Å²) in [4.78, 5) is 0. The molecule has 0 N–H and O–H groups in total. The van der Waals surface area contributed by atoms with Crippen molar-refractivity contribution in [3.63, 3.8) is 0 Å². The summed E-state index contributed by atoms with van der Waals surface area (Å²) in [5, 5.41) is 0. The molecule has 2 aromatic rings. The average Bonchev–Trinajstić information content (AvgIpc) is 2.87. The average molecular weight is 464 g/mol. The van der Waals surface area contributed by atoms with E-state index >= 15 is 0 Å². The van der Waals surface area contributed by atoms with Crippen molar-refractivity contribution in [2.24, 2.45) is 5.92 Å². The first-order chi connectivity index (χ1) is 12.9. The largest absolute Gasteiger partial charge is 0.0991 e. The highest BCUT2D eigenvalue weighted by Gasteiger charge is 2.43. The molecule has 0 aliphatic heterocycles. The lowest BCUT2D eigenvalue weighted by Crippen LogP contribution is -2.24. The number of allylic oxidation sites excluding steroid dienone is 6. The van der Waals surface area contributed by atoms with Crippen LogP contribution in [-0.4, -0.2) is 0 Å². The van der Waals surface area contributed by atoms with Crippen molar-refractivity contribution >= 4 is 34.2 Å². The lowest BCUT2D eigenvalue weighted by molar-refractivity contribution is 0.414. The fourth-order valence-electron chi connectivity index (χ4n) is 4.59. The maximum Gasteiger partial charge on any atom is -0.00189 e. The maximum absolute atomic E-state index is 3.82. The molecule has 0 fully saturated rings. The molecule has 27 heavy (non-hydrogen) atoms. The van der Waals surface area contributed by atoms with E-state index in [1.807, 2.05) is 12.2 Å². The summed E-state index contributed by atoms with van der Waals surface area (Å²) in [5.41, 5.74) is 9.75. The molecule has 2 aliphatic carbocycles. The molecule has 4 rings (SSSR count). The van der Waals surface area contributed by atoms with Gasteiger partial charge in [-0.3, -0.25) is 0 Å². The Morgan fingerprint density at radius 3 is 2.70 bits per heavy atom. The van der Waals surface area contributed by atoms with Crippen molar-refractivity contribution in [3.8, 4) is 11.1 Å². The Kier molecular flexibility index (Phi) is 4.75. The topological polar surface area (TPSA) is 0 Å². The normalized spacial score (nSPS) is 20.1. The van der Waals surface area contributed by atoms with E-state index in [0.717, 1.165) is 6.42 Å². The quantitative estimate of drug-likeness (QED) is 0.320. The van der Waals surface area contributed by atoms with E-state index in [1.54, 1.807) is 0 Å². The zero-order chi connectivity index (χ0) is 19.2. The number of halogens is 1. The lowest BCUT2D eigenvalue weighted by atomic mass is 9.74. The fourth-order valence-corrected chi connectivity index (χ4v) is 5.21. The molecular formula is C26H25I. The van der Waals surface area contributed by atoms with E-state index in [4.69, 9.17) is 0 Å². The molecule has 0 amide bonds. The van der Waals surface area contributed by atoms with Crippen molar-refractivity contribution in [2.75, 3.05) is 0 Å². The van der Waals surface area contributed by atoms with Crippen LogP contribution in [-0.2, 0) is 5.41 Å². The minimum absolute atomic E-state index is 0.156. The summed E-state index contributed by atoms with van der Waals surface area (Å²) in [7, 11) is 0. The highest BCUT2D eigenvalue weighted by atomic mass is 127. The minimum Gasteiger partial charge on any atom is -0.0991 e. The zero-order valence-corrected chi connectivity index (χ0v) is 18.4. The van der Waals surface area contributed by atoms with Crippen LogP contribution in [0.25, 0.3) is 22.8 Å². The highest BCUT2D eigenvalue weighted by molar-refractivity contribution is 14.1. The molecule has 2 aromatic carbocycles. The Morgan fingerprint density at radius 1 is 1.11 bits per heavy atom. The van der Waals surface area contributed by atoms with Crippen molar-refractivity contribution < 1.29 is 0 Å². The Hall–Kier alpha value is -1.87. The van der Waals surface area contributed by atoms with Gasteiger partial charge in [-0.2, -0.15) is 0 Å². The molecule has 1 heteroatoms. The van der Waals surface area contributed by atoms with Crippen molar-refractivity contribution in [3.05, 3.63) is 93.1 Å². The van der Waals surface area contributed by atoms with Gasteiger partial charge in [0.15, 0.2) is 0 Å². The summed E-state index contributed by atoms with van der Waals surface area (Å²) in [6.45, 7) is 10.8. The highest BCUT2D eigenvalue weighted by Crippen LogP contribution is 2.55. The SMILES string of the molecule is C=C/C=C\c1c(C)cccc1-c1ccc2c(c1)C(C)(C)C1CC(I)=CC=C21. The molecule has 0 bridgehead atoms. The van der Waals surface area contributed by atoms with Crippen LogP contribution in [0.3, 0.4) is 0 Å². The second kappa shape index (κ2) is 6.94. The van der Waals surface area contributed by atoms with Gasteiger partial charge in [0.05, 0.1) is 0 Å². The third-order valence-corrected chi connectivity index (χ3v) is 6.95. The van der Waals surface area contributed by atoms with Crippen molar-refractivity contribution in [1.82, 2.24) is 0 Å². The standard InChI is InChI=1S/C26H25I/c1-5-6-9-20-17(2)8-7-10-21(20)18-11-13-22-23-14-12-19(27)16-25(23)26(3,4)24(22)15-18/h5-15,25H,1,16H2,2-4H3/b9-6-.